The lowest BCUT2D eigenvalue weighted by Gasteiger charge is -2.14. The van der Waals surface area contributed by atoms with E-state index in [9.17, 15) is 18.0 Å². The van der Waals surface area contributed by atoms with Crippen LogP contribution in [0.5, 0.6) is 0 Å². The fourth-order valence-corrected chi connectivity index (χ4v) is 2.75. The maximum atomic E-state index is 12.1. The highest BCUT2D eigenvalue weighted by molar-refractivity contribution is 7.89. The number of benzene rings is 1. The van der Waals surface area contributed by atoms with Crippen LogP contribution in [0.4, 0.5) is 0 Å². The number of nitrogens with one attached hydrogen (secondary N) is 2. The van der Waals surface area contributed by atoms with E-state index in [1.807, 2.05) is 13.8 Å². The first-order valence-electron chi connectivity index (χ1n) is 7.86. The quantitative estimate of drug-likeness (QED) is 0.508. The Morgan fingerprint density at radius 3 is 2.32 bits per heavy atom. The molecule has 25 heavy (non-hydrogen) atoms. The van der Waals surface area contributed by atoms with Crippen LogP contribution in [-0.4, -0.2) is 39.5 Å². The van der Waals surface area contributed by atoms with Crippen molar-refractivity contribution in [2.75, 3.05) is 13.1 Å². The maximum absolute atomic E-state index is 12.1. The molecular weight excluding hydrogens is 344 g/mol. The third-order valence-electron chi connectivity index (χ3n) is 3.16. The molecule has 0 fully saturated rings. The first-order chi connectivity index (χ1) is 11.7. The first kappa shape index (κ1) is 20.9. The molecule has 0 heterocycles. The van der Waals surface area contributed by atoms with Gasteiger partial charge in [0.2, 0.25) is 10.0 Å². The van der Waals surface area contributed by atoms with Gasteiger partial charge in [-0.05, 0) is 37.1 Å². The van der Waals surface area contributed by atoms with Gasteiger partial charge in [-0.15, -0.1) is 6.58 Å². The van der Waals surface area contributed by atoms with Crippen LogP contribution >= 0.6 is 0 Å². The predicted molar refractivity (Wildman–Crippen MR) is 94.6 cm³/mol. The molecule has 0 aliphatic heterocycles. The van der Waals surface area contributed by atoms with Gasteiger partial charge in [0.15, 0.2) is 6.10 Å². The summed E-state index contributed by atoms with van der Waals surface area (Å²) in [6.45, 7) is 9.42. The van der Waals surface area contributed by atoms with E-state index in [0.717, 1.165) is 0 Å². The first-order valence-corrected chi connectivity index (χ1v) is 9.35. The van der Waals surface area contributed by atoms with Crippen LogP contribution in [0.25, 0.3) is 0 Å². The molecule has 1 aromatic carbocycles. The summed E-state index contributed by atoms with van der Waals surface area (Å²) in [5.74, 6) is -0.791. The number of rotatable bonds is 9. The number of amides is 1. The highest BCUT2D eigenvalue weighted by Crippen LogP contribution is 2.12. The normalized spacial score (nSPS) is 12.5. The molecule has 0 saturated heterocycles. The van der Waals surface area contributed by atoms with E-state index in [0.29, 0.717) is 6.54 Å². The largest absolute Gasteiger partial charge is 0.449 e. The lowest BCUT2D eigenvalue weighted by atomic mass is 10.2. The van der Waals surface area contributed by atoms with Crippen molar-refractivity contribution in [3.63, 3.8) is 0 Å². The molecule has 0 saturated carbocycles. The van der Waals surface area contributed by atoms with Crippen LogP contribution in [-0.2, 0) is 19.6 Å². The molecule has 7 nitrogen and oxygen atoms in total. The van der Waals surface area contributed by atoms with Crippen molar-refractivity contribution in [3.8, 4) is 0 Å². The summed E-state index contributed by atoms with van der Waals surface area (Å²) in [5, 5.41) is 2.68. The smallest absolute Gasteiger partial charge is 0.338 e. The van der Waals surface area contributed by atoms with Crippen molar-refractivity contribution >= 4 is 21.9 Å². The Balaban J connectivity index is 2.71. The molecule has 1 amide bonds. The lowest BCUT2D eigenvalue weighted by molar-refractivity contribution is -0.129. The highest BCUT2D eigenvalue weighted by Gasteiger charge is 2.20. The van der Waals surface area contributed by atoms with Gasteiger partial charge in [-0.3, -0.25) is 4.79 Å². The number of hydrogen-bond donors (Lipinski definition) is 2. The number of esters is 1. The second-order valence-corrected chi connectivity index (χ2v) is 7.62. The standard InChI is InChI=1S/C17H24N2O5S/c1-5-10-19-25(22,23)15-8-6-14(7-9-15)17(21)24-13(4)16(20)18-11-12(2)3/h5-9,12-13,19H,1,10-11H2,2-4H3,(H,18,20)/t13-/m1/s1. The van der Waals surface area contributed by atoms with E-state index in [2.05, 4.69) is 16.6 Å². The van der Waals surface area contributed by atoms with Crippen molar-refractivity contribution < 1.29 is 22.7 Å². The Kier molecular flexibility index (Phi) is 7.79. The molecule has 1 atom stereocenters. The summed E-state index contributed by atoms with van der Waals surface area (Å²) in [5.41, 5.74) is 0.159. The molecule has 0 aromatic heterocycles. The zero-order valence-electron chi connectivity index (χ0n) is 14.6. The van der Waals surface area contributed by atoms with Gasteiger partial charge in [0.25, 0.3) is 5.91 Å². The SMILES string of the molecule is C=CCNS(=O)(=O)c1ccc(C(=O)O[C@H](C)C(=O)NCC(C)C)cc1. The van der Waals surface area contributed by atoms with Crippen LogP contribution in [0.15, 0.2) is 41.8 Å². The summed E-state index contributed by atoms with van der Waals surface area (Å²) in [6.07, 6.45) is 0.485. The Labute approximate surface area is 148 Å². The lowest BCUT2D eigenvalue weighted by Crippen LogP contribution is -2.37. The van der Waals surface area contributed by atoms with Gasteiger partial charge < -0.3 is 10.1 Å². The highest BCUT2D eigenvalue weighted by atomic mass is 32.2. The van der Waals surface area contributed by atoms with E-state index in [4.69, 9.17) is 4.74 Å². The molecule has 1 aromatic rings. The molecule has 8 heteroatoms. The number of carbonyl (C=O) groups excluding carboxylic acids is 2. The van der Waals surface area contributed by atoms with E-state index in [1.165, 1.54) is 37.3 Å². The zero-order valence-corrected chi connectivity index (χ0v) is 15.4. The Bertz CT molecular complexity index is 711. The third kappa shape index (κ3) is 6.67. The minimum atomic E-state index is -3.65. The topological polar surface area (TPSA) is 102 Å². The van der Waals surface area contributed by atoms with Crippen LogP contribution in [0, 0.1) is 5.92 Å². The molecule has 1 rings (SSSR count). The molecule has 0 spiro atoms. The summed E-state index contributed by atoms with van der Waals surface area (Å²) in [6, 6.07) is 5.27. The molecule has 138 valence electrons. The van der Waals surface area contributed by atoms with Crippen molar-refractivity contribution in [1.82, 2.24) is 10.0 Å². The van der Waals surface area contributed by atoms with Gasteiger partial charge in [-0.2, -0.15) is 0 Å². The number of hydrogen-bond acceptors (Lipinski definition) is 5. The van der Waals surface area contributed by atoms with Crippen molar-refractivity contribution in [3.05, 3.63) is 42.5 Å². The Morgan fingerprint density at radius 1 is 1.20 bits per heavy atom. The van der Waals surface area contributed by atoms with Crippen molar-refractivity contribution in [1.29, 1.82) is 0 Å². The maximum Gasteiger partial charge on any atom is 0.338 e. The molecular formula is C17H24N2O5S. The minimum absolute atomic E-state index is 0.0219. The predicted octanol–water partition coefficient (Wildman–Crippen LogP) is 1.47. The van der Waals surface area contributed by atoms with Crippen LogP contribution in [0.3, 0.4) is 0 Å². The minimum Gasteiger partial charge on any atom is -0.449 e. The molecule has 0 unspecified atom stereocenters. The van der Waals surface area contributed by atoms with Gasteiger partial charge >= 0.3 is 5.97 Å². The van der Waals surface area contributed by atoms with Gasteiger partial charge in [0.05, 0.1) is 10.5 Å². The van der Waals surface area contributed by atoms with E-state index >= 15 is 0 Å². The van der Waals surface area contributed by atoms with Gasteiger partial charge in [0, 0.05) is 13.1 Å². The molecule has 0 bridgehead atoms. The number of ether oxygens (including phenoxy) is 1. The van der Waals surface area contributed by atoms with E-state index in [1.54, 1.807) is 0 Å². The second kappa shape index (κ2) is 9.33. The molecule has 2 N–H and O–H groups in total. The van der Waals surface area contributed by atoms with Gasteiger partial charge in [-0.1, -0.05) is 19.9 Å². The van der Waals surface area contributed by atoms with Gasteiger partial charge in [0.1, 0.15) is 0 Å². The monoisotopic (exact) mass is 368 g/mol. The molecule has 0 aliphatic carbocycles. The summed E-state index contributed by atoms with van der Waals surface area (Å²) >= 11 is 0. The average molecular weight is 368 g/mol. The van der Waals surface area contributed by atoms with E-state index < -0.39 is 22.1 Å². The molecule has 0 aliphatic rings. The Morgan fingerprint density at radius 2 is 1.80 bits per heavy atom. The van der Waals surface area contributed by atoms with Crippen LogP contribution in [0.1, 0.15) is 31.1 Å². The van der Waals surface area contributed by atoms with Crippen molar-refractivity contribution in [2.45, 2.75) is 31.8 Å². The van der Waals surface area contributed by atoms with E-state index in [-0.39, 0.29) is 28.8 Å². The van der Waals surface area contributed by atoms with Gasteiger partial charge in [-0.25, -0.2) is 17.9 Å². The Hall–Kier alpha value is -2.19. The van der Waals surface area contributed by atoms with Crippen molar-refractivity contribution in [2.24, 2.45) is 5.92 Å². The number of carbonyl (C=O) groups is 2. The van der Waals surface area contributed by atoms with Crippen LogP contribution in [0.2, 0.25) is 0 Å². The summed E-state index contributed by atoms with van der Waals surface area (Å²) in [7, 11) is -3.65. The number of sulfonamides is 1. The van der Waals surface area contributed by atoms with Crippen LogP contribution < -0.4 is 10.0 Å². The second-order valence-electron chi connectivity index (χ2n) is 5.85. The summed E-state index contributed by atoms with van der Waals surface area (Å²) < 4.78 is 31.3. The zero-order chi connectivity index (χ0) is 19.0. The average Bonchev–Trinajstić information content (AvgIpc) is 2.57. The fourth-order valence-electron chi connectivity index (χ4n) is 1.75. The summed E-state index contributed by atoms with van der Waals surface area (Å²) in [4.78, 5) is 23.9. The molecule has 0 radical (unpaired) electrons. The fraction of sp³-hybridized carbons (Fsp3) is 0.412. The third-order valence-corrected chi connectivity index (χ3v) is 4.60.